The van der Waals surface area contributed by atoms with Crippen molar-refractivity contribution in [2.75, 3.05) is 20.7 Å². The minimum absolute atomic E-state index is 0.514. The lowest BCUT2D eigenvalue weighted by molar-refractivity contribution is 0.382. The largest absolute Gasteiger partial charge is 0.493 e. The third-order valence-electron chi connectivity index (χ3n) is 3.09. The van der Waals surface area contributed by atoms with Crippen molar-refractivity contribution >= 4 is 51.1 Å². The monoisotopic (exact) mass is 417 g/mol. The molecule has 0 amide bonds. The van der Waals surface area contributed by atoms with E-state index in [4.69, 9.17) is 21.1 Å². The molecule has 1 aromatic heterocycles. The van der Waals surface area contributed by atoms with Crippen molar-refractivity contribution < 1.29 is 9.47 Å². The SMILES string of the molecule is CCN(C)C=Nc1cc(OC)c(Oc2snc(C)c2Cl)cc1Br. The predicted octanol–water partition coefficient (Wildman–Crippen LogP) is 5.28. The van der Waals surface area contributed by atoms with Crippen molar-refractivity contribution in [3.8, 4) is 16.6 Å². The Morgan fingerprint density at radius 3 is 2.74 bits per heavy atom. The molecule has 0 saturated carbocycles. The van der Waals surface area contributed by atoms with Gasteiger partial charge >= 0.3 is 0 Å². The highest BCUT2D eigenvalue weighted by atomic mass is 79.9. The lowest BCUT2D eigenvalue weighted by Gasteiger charge is -2.12. The second-order valence-corrected chi connectivity index (χ2v) is 6.71. The molecule has 0 saturated heterocycles. The molecule has 0 unspecified atom stereocenters. The van der Waals surface area contributed by atoms with Crippen LogP contribution in [0.3, 0.4) is 0 Å². The number of ether oxygens (including phenoxy) is 2. The number of methoxy groups -OCH3 is 1. The van der Waals surface area contributed by atoms with Gasteiger partial charge < -0.3 is 14.4 Å². The van der Waals surface area contributed by atoms with E-state index in [9.17, 15) is 0 Å². The van der Waals surface area contributed by atoms with Crippen LogP contribution in [-0.2, 0) is 0 Å². The van der Waals surface area contributed by atoms with Gasteiger partial charge in [-0.25, -0.2) is 4.99 Å². The number of aryl methyl sites for hydroxylation is 1. The molecule has 23 heavy (non-hydrogen) atoms. The van der Waals surface area contributed by atoms with Gasteiger partial charge in [-0.3, -0.25) is 0 Å². The van der Waals surface area contributed by atoms with Crippen molar-refractivity contribution in [3.63, 3.8) is 0 Å². The standard InChI is InChI=1S/C15H17BrClN3O2S/c1-5-20(3)8-18-11-7-12(21-4)13(6-10(11)16)22-15-14(17)9(2)19-23-15/h6-8H,5H2,1-4H3. The summed E-state index contributed by atoms with van der Waals surface area (Å²) in [4.78, 5) is 6.41. The van der Waals surface area contributed by atoms with Crippen LogP contribution in [-0.4, -0.2) is 36.3 Å². The molecule has 1 heterocycles. The Hall–Kier alpha value is -1.31. The first kappa shape index (κ1) is 18.0. The van der Waals surface area contributed by atoms with Gasteiger partial charge in [0.1, 0.15) is 5.02 Å². The van der Waals surface area contributed by atoms with Gasteiger partial charge in [0, 0.05) is 41.7 Å². The summed E-state index contributed by atoms with van der Waals surface area (Å²) in [6.45, 7) is 4.77. The highest BCUT2D eigenvalue weighted by Crippen LogP contribution is 2.43. The Morgan fingerprint density at radius 2 is 2.17 bits per heavy atom. The van der Waals surface area contributed by atoms with E-state index in [2.05, 4.69) is 32.2 Å². The molecule has 2 aromatic rings. The molecule has 0 spiro atoms. The van der Waals surface area contributed by atoms with E-state index in [1.165, 1.54) is 11.5 Å². The van der Waals surface area contributed by atoms with Gasteiger partial charge in [0.15, 0.2) is 11.5 Å². The molecule has 0 aliphatic heterocycles. The van der Waals surface area contributed by atoms with Crippen LogP contribution < -0.4 is 9.47 Å². The summed E-state index contributed by atoms with van der Waals surface area (Å²) in [7, 11) is 3.54. The minimum atomic E-state index is 0.514. The summed E-state index contributed by atoms with van der Waals surface area (Å²) >= 11 is 10.9. The summed E-state index contributed by atoms with van der Waals surface area (Å²) in [6, 6.07) is 3.62. The molecule has 124 valence electrons. The van der Waals surface area contributed by atoms with Gasteiger partial charge in [-0.15, -0.1) is 0 Å². The molecule has 5 nitrogen and oxygen atoms in total. The number of rotatable bonds is 6. The fourth-order valence-electron chi connectivity index (χ4n) is 1.61. The number of benzene rings is 1. The molecule has 8 heteroatoms. The first-order chi connectivity index (χ1) is 11.0. The maximum Gasteiger partial charge on any atom is 0.219 e. The van der Waals surface area contributed by atoms with Crippen LogP contribution in [0.5, 0.6) is 16.6 Å². The number of hydrogen-bond acceptors (Lipinski definition) is 5. The van der Waals surface area contributed by atoms with Gasteiger partial charge in [-0.1, -0.05) is 11.6 Å². The van der Waals surface area contributed by atoms with E-state index in [0.717, 1.165) is 22.4 Å². The van der Waals surface area contributed by atoms with E-state index >= 15 is 0 Å². The Balaban J connectivity index is 2.33. The second-order valence-electron chi connectivity index (χ2n) is 4.74. The van der Waals surface area contributed by atoms with Crippen LogP contribution in [0.4, 0.5) is 5.69 Å². The molecular weight excluding hydrogens is 402 g/mol. The summed E-state index contributed by atoms with van der Waals surface area (Å²) in [5.41, 5.74) is 1.50. The number of aliphatic imine (C=N–C) groups is 1. The Bertz CT molecular complexity index is 721. The van der Waals surface area contributed by atoms with E-state index in [0.29, 0.717) is 21.6 Å². The maximum absolute atomic E-state index is 6.17. The Labute approximate surface area is 153 Å². The molecule has 0 N–H and O–H groups in total. The van der Waals surface area contributed by atoms with Crippen LogP contribution in [0.2, 0.25) is 5.02 Å². The van der Waals surface area contributed by atoms with Crippen molar-refractivity contribution in [2.45, 2.75) is 13.8 Å². The first-order valence-corrected chi connectivity index (χ1v) is 8.82. The van der Waals surface area contributed by atoms with Gasteiger partial charge in [-0.05, 0) is 29.8 Å². The zero-order valence-electron chi connectivity index (χ0n) is 13.3. The number of hydrogen-bond donors (Lipinski definition) is 0. The van der Waals surface area contributed by atoms with Crippen LogP contribution in [0.15, 0.2) is 21.6 Å². The molecule has 0 radical (unpaired) electrons. The van der Waals surface area contributed by atoms with Gasteiger partial charge in [0.2, 0.25) is 5.06 Å². The van der Waals surface area contributed by atoms with Crippen molar-refractivity contribution in [3.05, 3.63) is 27.3 Å². The molecule has 0 bridgehead atoms. The zero-order valence-corrected chi connectivity index (χ0v) is 16.4. The number of aromatic nitrogens is 1. The average molecular weight is 419 g/mol. The third kappa shape index (κ3) is 4.37. The summed E-state index contributed by atoms with van der Waals surface area (Å²) in [5.74, 6) is 1.12. The van der Waals surface area contributed by atoms with Crippen LogP contribution >= 0.6 is 39.1 Å². The van der Waals surface area contributed by atoms with E-state index in [-0.39, 0.29) is 0 Å². The quantitative estimate of drug-likeness (QED) is 0.473. The summed E-state index contributed by atoms with van der Waals surface area (Å²) in [6.07, 6.45) is 1.77. The van der Waals surface area contributed by atoms with Gasteiger partial charge in [0.25, 0.3) is 0 Å². The fraction of sp³-hybridized carbons (Fsp3) is 0.333. The Morgan fingerprint density at radius 1 is 1.43 bits per heavy atom. The van der Waals surface area contributed by atoms with E-state index in [1.807, 2.05) is 24.9 Å². The van der Waals surface area contributed by atoms with Gasteiger partial charge in [0.05, 0.1) is 24.8 Å². The highest BCUT2D eigenvalue weighted by molar-refractivity contribution is 9.10. The molecule has 0 atom stereocenters. The molecule has 0 fully saturated rings. The fourth-order valence-corrected chi connectivity index (χ4v) is 2.93. The molecule has 0 aliphatic carbocycles. The third-order valence-corrected chi connectivity index (χ3v) is 5.10. The normalized spacial score (nSPS) is 11.0. The zero-order chi connectivity index (χ0) is 17.0. The lowest BCUT2D eigenvalue weighted by atomic mass is 10.3. The molecular formula is C15H17BrClN3O2S. The summed E-state index contributed by atoms with van der Waals surface area (Å²) in [5, 5.41) is 1.05. The minimum Gasteiger partial charge on any atom is -0.493 e. The molecule has 0 aliphatic rings. The maximum atomic E-state index is 6.17. The van der Waals surface area contributed by atoms with Crippen molar-refractivity contribution in [2.24, 2.45) is 4.99 Å². The smallest absolute Gasteiger partial charge is 0.219 e. The number of halogens is 2. The van der Waals surface area contributed by atoms with Crippen LogP contribution in [0.1, 0.15) is 12.6 Å². The molecule has 1 aromatic carbocycles. The number of nitrogens with zero attached hydrogens (tertiary/aromatic N) is 3. The van der Waals surface area contributed by atoms with Crippen LogP contribution in [0.25, 0.3) is 0 Å². The van der Waals surface area contributed by atoms with E-state index < -0.39 is 0 Å². The molecule has 2 rings (SSSR count). The van der Waals surface area contributed by atoms with Crippen molar-refractivity contribution in [1.82, 2.24) is 9.27 Å². The van der Waals surface area contributed by atoms with Crippen LogP contribution in [0, 0.1) is 6.92 Å². The van der Waals surface area contributed by atoms with Gasteiger partial charge in [-0.2, -0.15) is 4.37 Å². The Kier molecular flexibility index (Phi) is 6.26. The van der Waals surface area contributed by atoms with E-state index in [1.54, 1.807) is 19.5 Å². The van der Waals surface area contributed by atoms with Crippen molar-refractivity contribution in [1.29, 1.82) is 0 Å². The second kappa shape index (κ2) is 7.99. The predicted molar refractivity (Wildman–Crippen MR) is 99.1 cm³/mol. The first-order valence-electron chi connectivity index (χ1n) is 6.87. The summed E-state index contributed by atoms with van der Waals surface area (Å²) < 4.78 is 16.2. The highest BCUT2D eigenvalue weighted by Gasteiger charge is 2.15. The topological polar surface area (TPSA) is 47.0 Å². The lowest BCUT2D eigenvalue weighted by Crippen LogP contribution is -2.14. The average Bonchev–Trinajstić information content (AvgIpc) is 2.85.